The number of alkyl halides is 3. The van der Waals surface area contributed by atoms with Crippen LogP contribution in [0.25, 0.3) is 0 Å². The number of carbonyl (C=O) groups excluding carboxylic acids is 4. The highest BCUT2D eigenvalue weighted by molar-refractivity contribution is 6.04. The minimum atomic E-state index is -4.77. The lowest BCUT2D eigenvalue weighted by atomic mass is 10.1. The molecule has 0 saturated carbocycles. The Balaban J connectivity index is 2.12. The summed E-state index contributed by atoms with van der Waals surface area (Å²) < 4.78 is 45.4. The molecule has 2 rings (SSSR count). The highest BCUT2D eigenvalue weighted by Gasteiger charge is 2.32. The Morgan fingerprint density at radius 2 is 1.58 bits per heavy atom. The summed E-state index contributed by atoms with van der Waals surface area (Å²) in [5.41, 5.74) is -0.0124. The van der Waals surface area contributed by atoms with Crippen molar-refractivity contribution in [2.45, 2.75) is 91.7 Å². The fourth-order valence-corrected chi connectivity index (χ4v) is 4.17. The zero-order chi connectivity index (χ0) is 34.2. The van der Waals surface area contributed by atoms with Crippen molar-refractivity contribution in [1.82, 2.24) is 21.3 Å². The van der Waals surface area contributed by atoms with Gasteiger partial charge in [-0.25, -0.2) is 4.79 Å². The number of ether oxygens (including phenoxy) is 1. The number of anilines is 1. The Hall–Kier alpha value is -4.13. The molecule has 0 bridgehead atoms. The average Bonchev–Trinajstić information content (AvgIpc) is 2.87. The topological polar surface area (TPSA) is 138 Å². The summed E-state index contributed by atoms with van der Waals surface area (Å²) in [5.74, 6) is -2.22. The van der Waals surface area contributed by atoms with Crippen molar-refractivity contribution in [2.75, 3.05) is 18.4 Å². The summed E-state index contributed by atoms with van der Waals surface area (Å²) >= 11 is 0. The quantitative estimate of drug-likeness (QED) is 0.221. The summed E-state index contributed by atoms with van der Waals surface area (Å²) in [5, 5.41) is 13.2. The van der Waals surface area contributed by atoms with Crippen LogP contribution in [-0.2, 0) is 27.0 Å². The first kappa shape index (κ1) is 37.1. The van der Waals surface area contributed by atoms with Crippen LogP contribution in [-0.4, -0.2) is 54.1 Å². The molecule has 2 aromatic rings. The molecule has 0 aliphatic heterocycles. The van der Waals surface area contributed by atoms with Crippen LogP contribution in [0.15, 0.2) is 36.4 Å². The zero-order valence-corrected chi connectivity index (χ0v) is 27.0. The Labute approximate surface area is 262 Å². The van der Waals surface area contributed by atoms with Crippen LogP contribution in [0, 0.1) is 13.8 Å². The molecule has 5 N–H and O–H groups in total. The van der Waals surface area contributed by atoms with Gasteiger partial charge in [-0.2, -0.15) is 13.2 Å². The molecule has 0 spiro atoms. The van der Waals surface area contributed by atoms with Gasteiger partial charge in [0, 0.05) is 12.1 Å². The van der Waals surface area contributed by atoms with E-state index in [1.165, 1.54) is 0 Å². The van der Waals surface area contributed by atoms with E-state index >= 15 is 0 Å². The van der Waals surface area contributed by atoms with Crippen molar-refractivity contribution in [3.63, 3.8) is 0 Å². The second kappa shape index (κ2) is 15.2. The van der Waals surface area contributed by atoms with Crippen LogP contribution in [0.1, 0.15) is 80.6 Å². The van der Waals surface area contributed by atoms with E-state index in [1.54, 1.807) is 41.5 Å². The van der Waals surface area contributed by atoms with E-state index < -0.39 is 64.8 Å². The first-order valence-corrected chi connectivity index (χ1v) is 14.5. The summed E-state index contributed by atoms with van der Waals surface area (Å²) in [4.78, 5) is 51.1. The number of hydrogen-bond donors (Lipinski definition) is 5. The lowest BCUT2D eigenvalue weighted by molar-refractivity contribution is -0.137. The molecule has 45 heavy (non-hydrogen) atoms. The van der Waals surface area contributed by atoms with Crippen molar-refractivity contribution in [3.05, 3.63) is 64.2 Å². The number of carbonyl (C=O) groups is 4. The van der Waals surface area contributed by atoms with Gasteiger partial charge in [-0.3, -0.25) is 19.7 Å². The average molecular weight is 636 g/mol. The Morgan fingerprint density at radius 1 is 0.911 bits per heavy atom. The van der Waals surface area contributed by atoms with E-state index in [1.807, 2.05) is 26.0 Å². The van der Waals surface area contributed by atoms with E-state index in [4.69, 9.17) is 4.74 Å². The minimum absolute atomic E-state index is 0.226. The zero-order valence-electron chi connectivity index (χ0n) is 27.0. The molecule has 0 heterocycles. The molecule has 2 aromatic carbocycles. The van der Waals surface area contributed by atoms with Gasteiger partial charge >= 0.3 is 12.3 Å². The third-order valence-corrected chi connectivity index (χ3v) is 6.21. The predicted octanol–water partition coefficient (Wildman–Crippen LogP) is 4.98. The third-order valence-electron chi connectivity index (χ3n) is 6.21. The highest BCUT2D eigenvalue weighted by Crippen LogP contribution is 2.32. The lowest BCUT2D eigenvalue weighted by Crippen LogP contribution is -2.54. The van der Waals surface area contributed by atoms with Crippen LogP contribution in [0.3, 0.4) is 0 Å². The van der Waals surface area contributed by atoms with E-state index in [2.05, 4.69) is 32.7 Å². The fourth-order valence-electron chi connectivity index (χ4n) is 4.17. The second-order valence-electron chi connectivity index (χ2n) is 12.8. The van der Waals surface area contributed by atoms with Gasteiger partial charge in [0.05, 0.1) is 23.4 Å². The molecule has 248 valence electrons. The molecule has 0 unspecified atom stereocenters. The highest BCUT2D eigenvalue weighted by atomic mass is 19.4. The molecule has 0 aliphatic rings. The Bertz CT molecular complexity index is 1380. The second-order valence-corrected chi connectivity index (χ2v) is 12.8. The van der Waals surface area contributed by atoms with Gasteiger partial charge in [0.2, 0.25) is 11.8 Å². The van der Waals surface area contributed by atoms with Gasteiger partial charge in [-0.05, 0) is 97.7 Å². The van der Waals surface area contributed by atoms with Crippen molar-refractivity contribution in [1.29, 1.82) is 0 Å². The minimum Gasteiger partial charge on any atom is -0.444 e. The Morgan fingerprint density at radius 3 is 2.16 bits per heavy atom. The molecule has 13 heteroatoms. The SMILES string of the molecule is Cc1ccc(CNCC[C@H](NC(=O)CNC(=O)c2cc(C(F)(F)F)ccc2NC(=O)OC(C)(C)C)C(=O)NC(C)(C)C)c(C)c1. The monoisotopic (exact) mass is 635 g/mol. The number of amides is 4. The molecule has 0 aliphatic carbocycles. The number of aryl methyl sites for hydroxylation is 2. The first-order valence-electron chi connectivity index (χ1n) is 14.5. The van der Waals surface area contributed by atoms with Crippen LogP contribution in [0.5, 0.6) is 0 Å². The maximum absolute atomic E-state index is 13.4. The normalized spacial score (nSPS) is 12.6. The van der Waals surface area contributed by atoms with E-state index in [0.29, 0.717) is 25.2 Å². The third kappa shape index (κ3) is 13.2. The van der Waals surface area contributed by atoms with Crippen molar-refractivity contribution in [3.8, 4) is 0 Å². The van der Waals surface area contributed by atoms with Crippen molar-refractivity contribution < 1.29 is 37.1 Å². The van der Waals surface area contributed by atoms with Gasteiger partial charge in [-0.1, -0.05) is 23.8 Å². The maximum atomic E-state index is 13.4. The Kier molecular flexibility index (Phi) is 12.6. The largest absolute Gasteiger partial charge is 0.444 e. The van der Waals surface area contributed by atoms with E-state index in [-0.39, 0.29) is 12.1 Å². The number of halogens is 3. The summed E-state index contributed by atoms with van der Waals surface area (Å²) in [6.07, 6.45) is -5.52. The predicted molar refractivity (Wildman–Crippen MR) is 166 cm³/mol. The van der Waals surface area contributed by atoms with Crippen LogP contribution >= 0.6 is 0 Å². The van der Waals surface area contributed by atoms with Gasteiger partial charge in [0.1, 0.15) is 11.6 Å². The molecule has 0 saturated heterocycles. The smallest absolute Gasteiger partial charge is 0.416 e. The number of hydrogen-bond acceptors (Lipinski definition) is 6. The number of benzene rings is 2. The number of nitrogens with one attached hydrogen (secondary N) is 5. The lowest BCUT2D eigenvalue weighted by Gasteiger charge is -2.26. The van der Waals surface area contributed by atoms with Gasteiger partial charge in [0.15, 0.2) is 0 Å². The molecule has 0 fully saturated rings. The van der Waals surface area contributed by atoms with Crippen molar-refractivity contribution in [2.24, 2.45) is 0 Å². The molecule has 4 amide bonds. The maximum Gasteiger partial charge on any atom is 0.416 e. The molecule has 0 radical (unpaired) electrons. The standard InChI is InChI=1S/C32H44F3N5O5/c1-19-9-10-21(20(2)15-19)17-36-14-13-25(28(43)40-30(3,4)5)38-26(41)18-37-27(42)23-16-22(32(33,34)35)11-12-24(23)39-29(44)45-31(6,7)8/h9-12,15-16,25,36H,13-14,17-18H2,1-8H3,(H,37,42)(H,38,41)(H,39,44)(H,40,43)/t25-/m0/s1. The summed E-state index contributed by atoms with van der Waals surface area (Å²) in [7, 11) is 0. The van der Waals surface area contributed by atoms with Crippen LogP contribution in [0.4, 0.5) is 23.7 Å². The summed E-state index contributed by atoms with van der Waals surface area (Å²) in [6.45, 7) is 14.5. The van der Waals surface area contributed by atoms with Crippen LogP contribution < -0.4 is 26.6 Å². The summed E-state index contributed by atoms with van der Waals surface area (Å²) in [6, 6.07) is 7.35. The molecular weight excluding hydrogens is 591 g/mol. The molecule has 0 aromatic heterocycles. The van der Waals surface area contributed by atoms with Crippen molar-refractivity contribution >= 4 is 29.5 Å². The van der Waals surface area contributed by atoms with E-state index in [9.17, 15) is 32.3 Å². The molecule has 10 nitrogen and oxygen atoms in total. The fraction of sp³-hybridized carbons (Fsp3) is 0.500. The van der Waals surface area contributed by atoms with Crippen LogP contribution in [0.2, 0.25) is 0 Å². The molecular formula is C32H44F3N5O5. The van der Waals surface area contributed by atoms with Gasteiger partial charge in [-0.15, -0.1) is 0 Å². The number of rotatable bonds is 11. The van der Waals surface area contributed by atoms with E-state index in [0.717, 1.165) is 22.8 Å². The van der Waals surface area contributed by atoms with Gasteiger partial charge in [0.25, 0.3) is 5.91 Å². The molecule has 1 atom stereocenters. The van der Waals surface area contributed by atoms with Gasteiger partial charge < -0.3 is 26.0 Å². The first-order chi connectivity index (χ1) is 20.6.